The van der Waals surface area contributed by atoms with Crippen LogP contribution in [0.3, 0.4) is 0 Å². The van der Waals surface area contributed by atoms with Crippen molar-refractivity contribution >= 4 is 0 Å². The second-order valence-electron chi connectivity index (χ2n) is 16.7. The third-order valence-electron chi connectivity index (χ3n) is 12.3. The average Bonchev–Trinajstić information content (AvgIpc) is 3.59. The molecule has 0 radical (unpaired) electrons. The van der Waals surface area contributed by atoms with Gasteiger partial charge >= 0.3 is 0 Å². The number of hydrogen-bond acceptors (Lipinski definition) is 4. The van der Waals surface area contributed by atoms with Crippen LogP contribution in [-0.4, -0.2) is 19.9 Å². The lowest BCUT2D eigenvalue weighted by molar-refractivity contribution is 0.661. The topological polar surface area (TPSA) is 51.6 Å². The van der Waals surface area contributed by atoms with Gasteiger partial charge in [0, 0.05) is 38.8 Å². The predicted octanol–water partition coefficient (Wildman–Crippen LogP) is 14.9. The van der Waals surface area contributed by atoms with Gasteiger partial charge in [-0.1, -0.05) is 196 Å². The van der Waals surface area contributed by atoms with Crippen molar-refractivity contribution in [2.24, 2.45) is 0 Å². The first-order valence-corrected chi connectivity index (χ1v) is 21.5. The maximum Gasteiger partial charge on any atom is 0.160 e. The summed E-state index contributed by atoms with van der Waals surface area (Å²) in [5, 5.41) is 0. The van der Waals surface area contributed by atoms with E-state index in [9.17, 15) is 0 Å². The lowest BCUT2D eigenvalue weighted by Crippen LogP contribution is -2.15. The summed E-state index contributed by atoms with van der Waals surface area (Å²) in [5.74, 6) is 1.42. The van der Waals surface area contributed by atoms with Crippen LogP contribution in [0.2, 0.25) is 0 Å². The average molecular weight is 807 g/mol. The van der Waals surface area contributed by atoms with Crippen LogP contribution in [0, 0.1) is 0 Å². The molecule has 2 aromatic heterocycles. The van der Waals surface area contributed by atoms with Gasteiger partial charge < -0.3 is 0 Å². The zero-order valence-corrected chi connectivity index (χ0v) is 35.1. The predicted molar refractivity (Wildman–Crippen MR) is 259 cm³/mol. The normalized spacial score (nSPS) is 12.4. The molecule has 8 aromatic carbocycles. The zero-order valence-electron chi connectivity index (χ0n) is 35.1. The SMILES string of the molecule is CC1(C)c2cc(-c3cccc(-c4cc(-c5ccccc5)nc(-c5ccccc5)n4)c3)ccc2-c2ccc(-c3cccc(-c4cc(-c5ccccc5)nc(-c5ccccc5)n4)c3)cc21. The molecule has 0 amide bonds. The minimum absolute atomic E-state index is 0.213. The molecular weight excluding hydrogens is 765 g/mol. The molecule has 0 spiro atoms. The highest BCUT2D eigenvalue weighted by atomic mass is 14.9. The van der Waals surface area contributed by atoms with Crippen molar-refractivity contribution in [3.63, 3.8) is 0 Å². The van der Waals surface area contributed by atoms with Gasteiger partial charge in [-0.15, -0.1) is 0 Å². The van der Waals surface area contributed by atoms with E-state index in [1.165, 1.54) is 33.4 Å². The van der Waals surface area contributed by atoms with Gasteiger partial charge in [-0.25, -0.2) is 19.9 Å². The minimum Gasteiger partial charge on any atom is -0.228 e. The zero-order chi connectivity index (χ0) is 42.3. The van der Waals surface area contributed by atoms with E-state index in [1.807, 2.05) is 48.5 Å². The summed E-state index contributed by atoms with van der Waals surface area (Å²) >= 11 is 0. The first kappa shape index (κ1) is 37.9. The van der Waals surface area contributed by atoms with Crippen LogP contribution in [0.1, 0.15) is 25.0 Å². The fraction of sp³-hybridized carbons (Fsp3) is 0.0508. The monoisotopic (exact) mass is 806 g/mol. The van der Waals surface area contributed by atoms with Crippen LogP contribution in [0.25, 0.3) is 101 Å². The number of nitrogens with zero attached hydrogens (tertiary/aromatic N) is 4. The van der Waals surface area contributed by atoms with Crippen LogP contribution in [0.4, 0.5) is 0 Å². The Balaban J connectivity index is 0.927. The molecule has 0 N–H and O–H groups in total. The molecule has 63 heavy (non-hydrogen) atoms. The summed E-state index contributed by atoms with van der Waals surface area (Å²) in [5.41, 5.74) is 19.5. The third-order valence-corrected chi connectivity index (χ3v) is 12.3. The van der Waals surface area contributed by atoms with E-state index in [4.69, 9.17) is 19.9 Å². The fourth-order valence-corrected chi connectivity index (χ4v) is 8.95. The van der Waals surface area contributed by atoms with Crippen molar-refractivity contribution in [3.8, 4) is 101 Å². The van der Waals surface area contributed by atoms with Gasteiger partial charge in [-0.05, 0) is 80.9 Å². The Labute approximate surface area is 368 Å². The lowest BCUT2D eigenvalue weighted by Gasteiger charge is -2.23. The molecule has 2 heterocycles. The molecule has 1 aliphatic rings. The van der Waals surface area contributed by atoms with Crippen molar-refractivity contribution in [2.75, 3.05) is 0 Å². The van der Waals surface area contributed by atoms with Crippen molar-refractivity contribution in [3.05, 3.63) is 230 Å². The Kier molecular flexibility index (Phi) is 9.47. The van der Waals surface area contributed by atoms with E-state index >= 15 is 0 Å². The number of rotatable bonds is 8. The second kappa shape index (κ2) is 15.7. The Bertz CT molecular complexity index is 2950. The van der Waals surface area contributed by atoms with Crippen LogP contribution in [0.5, 0.6) is 0 Å². The number of fused-ring (bicyclic) bond motifs is 3. The van der Waals surface area contributed by atoms with Gasteiger partial charge in [0.2, 0.25) is 0 Å². The molecule has 0 saturated heterocycles. The quantitative estimate of drug-likeness (QED) is 0.153. The smallest absolute Gasteiger partial charge is 0.160 e. The standard InChI is InChI=1S/C59H42N4/c1-59(2)51-35-45(43-25-15-27-47(33-43)55-37-53(39-17-7-3-8-18-39)60-57(62-55)41-21-11-5-12-22-41)29-31-49(51)50-32-30-46(36-52(50)59)44-26-16-28-48(34-44)56-38-54(40-19-9-4-10-20-40)61-58(63-56)42-23-13-6-14-24-42/h3-38H,1-2H3. The molecule has 10 aromatic rings. The van der Waals surface area contributed by atoms with Gasteiger partial charge in [-0.2, -0.15) is 0 Å². The Hall–Kier alpha value is -8.08. The van der Waals surface area contributed by atoms with E-state index in [1.54, 1.807) is 0 Å². The first-order valence-electron chi connectivity index (χ1n) is 21.5. The van der Waals surface area contributed by atoms with Crippen LogP contribution in [0.15, 0.2) is 218 Å². The summed E-state index contributed by atoms with van der Waals surface area (Å²) in [7, 11) is 0. The van der Waals surface area contributed by atoms with E-state index < -0.39 is 0 Å². The van der Waals surface area contributed by atoms with E-state index in [0.717, 1.165) is 67.3 Å². The summed E-state index contributed by atoms with van der Waals surface area (Å²) in [6.07, 6.45) is 0. The molecule has 0 bridgehead atoms. The summed E-state index contributed by atoms with van der Waals surface area (Å²) in [6.45, 7) is 4.71. The largest absolute Gasteiger partial charge is 0.228 e. The van der Waals surface area contributed by atoms with Gasteiger partial charge in [0.1, 0.15) is 0 Å². The molecule has 298 valence electrons. The third kappa shape index (κ3) is 7.22. The lowest BCUT2D eigenvalue weighted by atomic mass is 9.80. The summed E-state index contributed by atoms with van der Waals surface area (Å²) in [6, 6.07) is 76.7. The van der Waals surface area contributed by atoms with Gasteiger partial charge in [0.25, 0.3) is 0 Å². The molecular formula is C59H42N4. The molecule has 0 atom stereocenters. The van der Waals surface area contributed by atoms with Crippen LogP contribution in [-0.2, 0) is 5.41 Å². The molecule has 4 heteroatoms. The molecule has 0 aliphatic heterocycles. The van der Waals surface area contributed by atoms with Gasteiger partial charge in [0.05, 0.1) is 22.8 Å². The van der Waals surface area contributed by atoms with Crippen molar-refractivity contribution in [1.29, 1.82) is 0 Å². The van der Waals surface area contributed by atoms with E-state index in [0.29, 0.717) is 11.6 Å². The Morgan fingerprint density at radius 1 is 0.254 bits per heavy atom. The Morgan fingerprint density at radius 3 is 0.937 bits per heavy atom. The highest BCUT2D eigenvalue weighted by Crippen LogP contribution is 2.51. The maximum atomic E-state index is 5.11. The van der Waals surface area contributed by atoms with E-state index in [-0.39, 0.29) is 5.41 Å². The number of hydrogen-bond donors (Lipinski definition) is 0. The molecule has 0 saturated carbocycles. The molecule has 1 aliphatic carbocycles. The number of aromatic nitrogens is 4. The molecule has 0 unspecified atom stereocenters. The van der Waals surface area contributed by atoms with Crippen molar-refractivity contribution in [2.45, 2.75) is 19.3 Å². The molecule has 4 nitrogen and oxygen atoms in total. The molecule has 11 rings (SSSR count). The highest BCUT2D eigenvalue weighted by Gasteiger charge is 2.36. The summed E-state index contributed by atoms with van der Waals surface area (Å²) < 4.78 is 0. The van der Waals surface area contributed by atoms with Crippen LogP contribution < -0.4 is 0 Å². The summed E-state index contributed by atoms with van der Waals surface area (Å²) in [4.78, 5) is 20.2. The Morgan fingerprint density at radius 2 is 0.556 bits per heavy atom. The van der Waals surface area contributed by atoms with Crippen LogP contribution >= 0.6 is 0 Å². The first-order chi connectivity index (χ1) is 30.9. The van der Waals surface area contributed by atoms with E-state index in [2.05, 4.69) is 184 Å². The number of benzene rings is 8. The van der Waals surface area contributed by atoms with Crippen molar-refractivity contribution < 1.29 is 0 Å². The van der Waals surface area contributed by atoms with Gasteiger partial charge in [-0.3, -0.25) is 0 Å². The highest BCUT2D eigenvalue weighted by molar-refractivity contribution is 5.87. The fourth-order valence-electron chi connectivity index (χ4n) is 8.95. The minimum atomic E-state index is -0.213. The molecule has 0 fully saturated rings. The maximum absolute atomic E-state index is 5.11. The van der Waals surface area contributed by atoms with Crippen molar-refractivity contribution in [1.82, 2.24) is 19.9 Å². The second-order valence-corrected chi connectivity index (χ2v) is 16.7. The van der Waals surface area contributed by atoms with Gasteiger partial charge in [0.15, 0.2) is 11.6 Å².